The summed E-state index contributed by atoms with van der Waals surface area (Å²) in [6.45, 7) is 1.80. The lowest BCUT2D eigenvalue weighted by Gasteiger charge is -2.02. The number of esters is 1. The molecule has 0 unspecified atom stereocenters. The van der Waals surface area contributed by atoms with Gasteiger partial charge in [-0.05, 0) is 25.1 Å². The number of furan rings is 1. The van der Waals surface area contributed by atoms with Crippen LogP contribution in [0, 0.1) is 11.3 Å². The molecule has 23 heavy (non-hydrogen) atoms. The van der Waals surface area contributed by atoms with Gasteiger partial charge in [0.1, 0.15) is 23.2 Å². The number of carboxylic acid groups (broad SMARTS) is 1. The molecule has 6 heteroatoms. The Labute approximate surface area is 132 Å². The molecule has 0 bridgehead atoms. The van der Waals surface area contributed by atoms with Crippen molar-refractivity contribution >= 4 is 18.0 Å². The SMILES string of the molecule is CCOC(=O)/C(C#N)=C/c1ccc(-c2ccccc2C(=O)O)o1. The summed E-state index contributed by atoms with van der Waals surface area (Å²) in [4.78, 5) is 22.8. The number of carbonyl (C=O) groups excluding carboxylic acids is 1. The highest BCUT2D eigenvalue weighted by Gasteiger charge is 2.15. The fraction of sp³-hybridized carbons (Fsp3) is 0.118. The molecule has 1 heterocycles. The van der Waals surface area contributed by atoms with Crippen LogP contribution in [0.3, 0.4) is 0 Å². The molecule has 0 aliphatic rings. The summed E-state index contributed by atoms with van der Waals surface area (Å²) >= 11 is 0. The van der Waals surface area contributed by atoms with Crippen LogP contribution in [0.15, 0.2) is 46.4 Å². The van der Waals surface area contributed by atoms with Crippen LogP contribution in [0.25, 0.3) is 17.4 Å². The second kappa shape index (κ2) is 7.09. The zero-order valence-electron chi connectivity index (χ0n) is 12.3. The van der Waals surface area contributed by atoms with Crippen LogP contribution in [-0.4, -0.2) is 23.7 Å². The third-order valence-electron chi connectivity index (χ3n) is 2.95. The first kappa shape index (κ1) is 16.0. The Bertz CT molecular complexity index is 810. The van der Waals surface area contributed by atoms with E-state index in [1.165, 1.54) is 12.1 Å². The van der Waals surface area contributed by atoms with Gasteiger partial charge in [-0.25, -0.2) is 9.59 Å². The fourth-order valence-corrected chi connectivity index (χ4v) is 1.95. The molecule has 1 N–H and O–H groups in total. The fourth-order valence-electron chi connectivity index (χ4n) is 1.95. The van der Waals surface area contributed by atoms with Gasteiger partial charge in [0, 0.05) is 11.6 Å². The van der Waals surface area contributed by atoms with Crippen molar-refractivity contribution in [1.29, 1.82) is 5.26 Å². The molecular formula is C17H13NO5. The summed E-state index contributed by atoms with van der Waals surface area (Å²) in [5, 5.41) is 18.2. The number of aromatic carboxylic acids is 1. The highest BCUT2D eigenvalue weighted by Crippen LogP contribution is 2.26. The number of nitrogens with zero attached hydrogens (tertiary/aromatic N) is 1. The topological polar surface area (TPSA) is 101 Å². The number of carboxylic acids is 1. The minimum atomic E-state index is -1.07. The molecule has 116 valence electrons. The van der Waals surface area contributed by atoms with E-state index < -0.39 is 11.9 Å². The molecule has 0 aliphatic carbocycles. The van der Waals surface area contributed by atoms with Gasteiger partial charge in [-0.2, -0.15) is 5.26 Å². The molecule has 0 saturated heterocycles. The van der Waals surface area contributed by atoms with Gasteiger partial charge in [0.05, 0.1) is 12.2 Å². The monoisotopic (exact) mass is 311 g/mol. The zero-order valence-corrected chi connectivity index (χ0v) is 12.3. The number of nitriles is 1. The van der Waals surface area contributed by atoms with Gasteiger partial charge in [0.2, 0.25) is 0 Å². The minimum absolute atomic E-state index is 0.100. The van der Waals surface area contributed by atoms with Gasteiger partial charge >= 0.3 is 11.9 Å². The molecule has 6 nitrogen and oxygen atoms in total. The largest absolute Gasteiger partial charge is 0.478 e. The normalized spacial score (nSPS) is 10.9. The molecule has 0 spiro atoms. The van der Waals surface area contributed by atoms with E-state index in [9.17, 15) is 14.7 Å². The maximum atomic E-state index is 11.6. The number of benzene rings is 1. The van der Waals surface area contributed by atoms with Crippen molar-refractivity contribution in [3.8, 4) is 17.4 Å². The van der Waals surface area contributed by atoms with E-state index in [4.69, 9.17) is 14.4 Å². The molecule has 0 saturated carbocycles. The third-order valence-corrected chi connectivity index (χ3v) is 2.95. The highest BCUT2D eigenvalue weighted by atomic mass is 16.5. The summed E-state index contributed by atoms with van der Waals surface area (Å²) in [6.07, 6.45) is 1.25. The van der Waals surface area contributed by atoms with E-state index in [-0.39, 0.29) is 23.5 Å². The van der Waals surface area contributed by atoms with Crippen LogP contribution in [0.5, 0.6) is 0 Å². The predicted octanol–water partition coefficient (Wildman–Crippen LogP) is 3.11. The van der Waals surface area contributed by atoms with Crippen LogP contribution in [0.1, 0.15) is 23.0 Å². The van der Waals surface area contributed by atoms with Crippen molar-refractivity contribution in [1.82, 2.24) is 0 Å². The van der Waals surface area contributed by atoms with Crippen LogP contribution in [-0.2, 0) is 9.53 Å². The summed E-state index contributed by atoms with van der Waals surface area (Å²) in [5.74, 6) is -1.22. The van der Waals surface area contributed by atoms with E-state index in [1.807, 2.05) is 0 Å². The molecule has 0 amide bonds. The van der Waals surface area contributed by atoms with Crippen molar-refractivity contribution in [2.75, 3.05) is 6.61 Å². The number of hydrogen-bond acceptors (Lipinski definition) is 5. The maximum Gasteiger partial charge on any atom is 0.349 e. The van der Waals surface area contributed by atoms with E-state index in [0.29, 0.717) is 11.3 Å². The Balaban J connectivity index is 2.37. The Morgan fingerprint density at radius 2 is 2.04 bits per heavy atom. The molecule has 1 aromatic heterocycles. The van der Waals surface area contributed by atoms with Gasteiger partial charge < -0.3 is 14.3 Å². The Hall–Kier alpha value is -3.33. The van der Waals surface area contributed by atoms with Crippen molar-refractivity contribution in [2.45, 2.75) is 6.92 Å². The van der Waals surface area contributed by atoms with Crippen molar-refractivity contribution in [2.24, 2.45) is 0 Å². The first-order valence-electron chi connectivity index (χ1n) is 6.78. The van der Waals surface area contributed by atoms with Gasteiger partial charge in [-0.15, -0.1) is 0 Å². The van der Waals surface area contributed by atoms with Crippen LogP contribution >= 0.6 is 0 Å². The lowest BCUT2D eigenvalue weighted by atomic mass is 10.1. The summed E-state index contributed by atoms with van der Waals surface area (Å²) in [6, 6.07) is 11.3. The van der Waals surface area contributed by atoms with Crippen molar-refractivity contribution in [3.63, 3.8) is 0 Å². The quantitative estimate of drug-likeness (QED) is 0.517. The average molecular weight is 311 g/mol. The molecule has 0 radical (unpaired) electrons. The Morgan fingerprint density at radius 1 is 1.30 bits per heavy atom. The van der Waals surface area contributed by atoms with E-state index in [1.54, 1.807) is 43.3 Å². The van der Waals surface area contributed by atoms with Gasteiger partial charge in [-0.3, -0.25) is 0 Å². The molecule has 2 rings (SSSR count). The molecule has 0 fully saturated rings. The van der Waals surface area contributed by atoms with Gasteiger partial charge in [0.25, 0.3) is 0 Å². The van der Waals surface area contributed by atoms with E-state index in [2.05, 4.69) is 0 Å². The van der Waals surface area contributed by atoms with Gasteiger partial charge in [-0.1, -0.05) is 18.2 Å². The van der Waals surface area contributed by atoms with Crippen molar-refractivity contribution < 1.29 is 23.8 Å². The Kier molecular flexibility index (Phi) is 4.95. The first-order chi connectivity index (χ1) is 11.1. The molecular weight excluding hydrogens is 298 g/mol. The standard InChI is InChI=1S/C17H13NO5/c1-2-22-17(21)11(10-18)9-12-7-8-15(23-12)13-5-3-4-6-14(13)16(19)20/h3-9H,2H2,1H3,(H,19,20)/b11-9+. The van der Waals surface area contributed by atoms with Crippen LogP contribution in [0.2, 0.25) is 0 Å². The maximum absolute atomic E-state index is 11.6. The Morgan fingerprint density at radius 3 is 2.70 bits per heavy atom. The second-order valence-corrected chi connectivity index (χ2v) is 4.44. The van der Waals surface area contributed by atoms with Crippen LogP contribution in [0.4, 0.5) is 0 Å². The minimum Gasteiger partial charge on any atom is -0.478 e. The summed E-state index contributed by atoms with van der Waals surface area (Å²) < 4.78 is 10.3. The molecule has 2 aromatic rings. The lowest BCUT2D eigenvalue weighted by Crippen LogP contribution is -2.05. The first-order valence-corrected chi connectivity index (χ1v) is 6.78. The predicted molar refractivity (Wildman–Crippen MR) is 81.3 cm³/mol. The number of ether oxygens (including phenoxy) is 1. The van der Waals surface area contributed by atoms with E-state index in [0.717, 1.165) is 0 Å². The number of carbonyl (C=O) groups is 2. The van der Waals surface area contributed by atoms with E-state index >= 15 is 0 Å². The third kappa shape index (κ3) is 3.66. The highest BCUT2D eigenvalue weighted by molar-refractivity contribution is 5.98. The summed E-state index contributed by atoms with van der Waals surface area (Å²) in [7, 11) is 0. The molecule has 1 aromatic carbocycles. The molecule has 0 atom stereocenters. The van der Waals surface area contributed by atoms with Crippen molar-refractivity contribution in [3.05, 3.63) is 53.3 Å². The van der Waals surface area contributed by atoms with Gasteiger partial charge in [0.15, 0.2) is 0 Å². The summed E-state index contributed by atoms with van der Waals surface area (Å²) in [5.41, 5.74) is 0.317. The number of rotatable bonds is 5. The second-order valence-electron chi connectivity index (χ2n) is 4.44. The zero-order chi connectivity index (χ0) is 16.8. The number of hydrogen-bond donors (Lipinski definition) is 1. The lowest BCUT2D eigenvalue weighted by molar-refractivity contribution is -0.137. The van der Waals surface area contributed by atoms with Crippen LogP contribution < -0.4 is 0 Å². The smallest absolute Gasteiger partial charge is 0.349 e. The average Bonchev–Trinajstić information content (AvgIpc) is 3.01. The molecule has 0 aliphatic heterocycles.